The van der Waals surface area contributed by atoms with Crippen LogP contribution >= 0.6 is 0 Å². The number of benzene rings is 2. The van der Waals surface area contributed by atoms with Gasteiger partial charge in [-0.3, -0.25) is 5.10 Å². The molecule has 0 atom stereocenters. The molecule has 20 heavy (non-hydrogen) atoms. The van der Waals surface area contributed by atoms with Gasteiger partial charge in [-0.05, 0) is 12.0 Å². The lowest BCUT2D eigenvalue weighted by Gasteiger charge is -2.00. The molecule has 3 rings (SSSR count). The Morgan fingerprint density at radius 1 is 0.900 bits per heavy atom. The van der Waals surface area contributed by atoms with E-state index in [-0.39, 0.29) is 0 Å². The van der Waals surface area contributed by atoms with Crippen molar-refractivity contribution in [2.45, 2.75) is 19.8 Å². The van der Waals surface area contributed by atoms with Gasteiger partial charge in [0, 0.05) is 11.1 Å². The minimum atomic E-state index is 0.734. The third kappa shape index (κ3) is 2.62. The third-order valence-corrected chi connectivity index (χ3v) is 3.28. The van der Waals surface area contributed by atoms with Gasteiger partial charge in [0.1, 0.15) is 0 Å². The second kappa shape index (κ2) is 5.70. The highest BCUT2D eigenvalue weighted by Crippen LogP contribution is 2.20. The summed E-state index contributed by atoms with van der Waals surface area (Å²) in [6.45, 7) is 2.19. The maximum atomic E-state index is 4.56. The van der Waals surface area contributed by atoms with E-state index < -0.39 is 0 Å². The smallest absolute Gasteiger partial charge is 0.181 e. The fraction of sp³-hybridized carbons (Fsp3) is 0.176. The summed E-state index contributed by atoms with van der Waals surface area (Å²) in [4.78, 5) is 4.56. The van der Waals surface area contributed by atoms with Crippen molar-refractivity contribution < 1.29 is 0 Å². The van der Waals surface area contributed by atoms with Gasteiger partial charge in [-0.1, -0.05) is 67.9 Å². The Morgan fingerprint density at radius 3 is 2.35 bits per heavy atom. The quantitative estimate of drug-likeness (QED) is 0.770. The second-order valence-electron chi connectivity index (χ2n) is 4.82. The van der Waals surface area contributed by atoms with E-state index in [0.717, 1.165) is 29.2 Å². The van der Waals surface area contributed by atoms with Gasteiger partial charge in [-0.2, -0.15) is 5.10 Å². The maximum absolute atomic E-state index is 4.56. The van der Waals surface area contributed by atoms with E-state index in [1.165, 1.54) is 12.0 Å². The van der Waals surface area contributed by atoms with Crippen LogP contribution in [0.25, 0.3) is 22.8 Å². The first-order valence-electron chi connectivity index (χ1n) is 6.94. The first kappa shape index (κ1) is 12.6. The highest BCUT2D eigenvalue weighted by Gasteiger charge is 2.07. The molecule has 3 nitrogen and oxygen atoms in total. The first-order chi connectivity index (χ1) is 9.86. The topological polar surface area (TPSA) is 41.6 Å². The number of nitrogens with one attached hydrogen (secondary N) is 1. The Kier molecular flexibility index (Phi) is 3.59. The van der Waals surface area contributed by atoms with Crippen LogP contribution in [0.1, 0.15) is 18.9 Å². The molecule has 0 aliphatic carbocycles. The van der Waals surface area contributed by atoms with Crippen molar-refractivity contribution >= 4 is 0 Å². The van der Waals surface area contributed by atoms with E-state index in [2.05, 4.69) is 46.4 Å². The summed E-state index contributed by atoms with van der Waals surface area (Å²) in [6, 6.07) is 18.5. The molecule has 0 saturated heterocycles. The molecule has 3 heteroatoms. The summed E-state index contributed by atoms with van der Waals surface area (Å²) in [6.07, 6.45) is 2.28. The van der Waals surface area contributed by atoms with Gasteiger partial charge in [0.2, 0.25) is 0 Å². The number of hydrogen-bond donors (Lipinski definition) is 1. The molecule has 3 aromatic rings. The van der Waals surface area contributed by atoms with Crippen LogP contribution in [0.3, 0.4) is 0 Å². The van der Waals surface area contributed by atoms with Crippen LogP contribution in [0.15, 0.2) is 54.6 Å². The van der Waals surface area contributed by atoms with E-state index in [9.17, 15) is 0 Å². The number of nitrogens with zero attached hydrogens (tertiary/aromatic N) is 2. The molecule has 0 radical (unpaired) electrons. The van der Waals surface area contributed by atoms with Crippen molar-refractivity contribution in [3.63, 3.8) is 0 Å². The Morgan fingerprint density at radius 2 is 1.65 bits per heavy atom. The zero-order valence-corrected chi connectivity index (χ0v) is 11.5. The number of aromatic amines is 1. The summed E-state index contributed by atoms with van der Waals surface area (Å²) >= 11 is 0. The van der Waals surface area contributed by atoms with Crippen LogP contribution in [0.4, 0.5) is 0 Å². The molecule has 1 aromatic heterocycles. The lowest BCUT2D eigenvalue weighted by atomic mass is 10.1. The Hall–Kier alpha value is -2.42. The van der Waals surface area contributed by atoms with Crippen LogP contribution in [0, 0.1) is 0 Å². The molecule has 0 fully saturated rings. The Bertz CT molecular complexity index is 669. The van der Waals surface area contributed by atoms with Crippen molar-refractivity contribution in [2.24, 2.45) is 0 Å². The molecule has 100 valence electrons. The first-order valence-corrected chi connectivity index (χ1v) is 6.94. The van der Waals surface area contributed by atoms with E-state index in [0.29, 0.717) is 0 Å². The third-order valence-electron chi connectivity index (χ3n) is 3.28. The fourth-order valence-electron chi connectivity index (χ4n) is 2.23. The van der Waals surface area contributed by atoms with Crippen LogP contribution < -0.4 is 0 Å². The van der Waals surface area contributed by atoms with Crippen LogP contribution in [0.5, 0.6) is 0 Å². The van der Waals surface area contributed by atoms with Gasteiger partial charge in [-0.25, -0.2) is 4.98 Å². The predicted molar refractivity (Wildman–Crippen MR) is 81.2 cm³/mol. The average molecular weight is 263 g/mol. The Labute approximate surface area is 118 Å². The minimum Gasteiger partial charge on any atom is -0.259 e. The standard InChI is InChI=1S/C17H17N3/c1-2-6-13-9-11-15(12-10-13)17-18-16(19-20-17)14-7-4-3-5-8-14/h3-5,7-12H,2,6H2,1H3,(H,18,19,20). The monoisotopic (exact) mass is 263 g/mol. The van der Waals surface area contributed by atoms with Gasteiger partial charge >= 0.3 is 0 Å². The predicted octanol–water partition coefficient (Wildman–Crippen LogP) is 4.09. The molecule has 0 saturated carbocycles. The van der Waals surface area contributed by atoms with Crippen molar-refractivity contribution in [3.8, 4) is 22.8 Å². The number of aromatic nitrogens is 3. The largest absolute Gasteiger partial charge is 0.259 e. The zero-order valence-electron chi connectivity index (χ0n) is 11.5. The molecule has 0 amide bonds. The minimum absolute atomic E-state index is 0.734. The van der Waals surface area contributed by atoms with E-state index >= 15 is 0 Å². The number of aryl methyl sites for hydroxylation is 1. The van der Waals surface area contributed by atoms with Gasteiger partial charge in [0.15, 0.2) is 11.6 Å². The molecule has 1 heterocycles. The highest BCUT2D eigenvalue weighted by atomic mass is 15.2. The van der Waals surface area contributed by atoms with Crippen LogP contribution in [-0.2, 0) is 6.42 Å². The average Bonchev–Trinajstić information content (AvgIpc) is 2.99. The molecular weight excluding hydrogens is 246 g/mol. The molecule has 0 aliphatic heterocycles. The van der Waals surface area contributed by atoms with E-state index in [1.54, 1.807) is 0 Å². The molecule has 2 aromatic carbocycles. The van der Waals surface area contributed by atoms with E-state index in [4.69, 9.17) is 0 Å². The highest BCUT2D eigenvalue weighted by molar-refractivity contribution is 5.61. The lowest BCUT2D eigenvalue weighted by Crippen LogP contribution is -1.85. The second-order valence-corrected chi connectivity index (χ2v) is 4.82. The summed E-state index contributed by atoms with van der Waals surface area (Å²) in [5, 5.41) is 7.30. The van der Waals surface area contributed by atoms with Crippen LogP contribution in [-0.4, -0.2) is 15.2 Å². The zero-order chi connectivity index (χ0) is 13.8. The normalized spacial score (nSPS) is 10.7. The lowest BCUT2D eigenvalue weighted by molar-refractivity contribution is 0.922. The summed E-state index contributed by atoms with van der Waals surface area (Å²) < 4.78 is 0. The van der Waals surface area contributed by atoms with Crippen molar-refractivity contribution in [2.75, 3.05) is 0 Å². The molecular formula is C17H17N3. The number of rotatable bonds is 4. The summed E-state index contributed by atoms with van der Waals surface area (Å²) in [7, 11) is 0. The van der Waals surface area contributed by atoms with Crippen molar-refractivity contribution in [1.82, 2.24) is 15.2 Å². The SMILES string of the molecule is CCCc1ccc(-c2nc(-c3ccccc3)n[nH]2)cc1. The fourth-order valence-corrected chi connectivity index (χ4v) is 2.23. The summed E-state index contributed by atoms with van der Waals surface area (Å²) in [5.41, 5.74) is 3.45. The van der Waals surface area contributed by atoms with Gasteiger partial charge in [0.05, 0.1) is 0 Å². The van der Waals surface area contributed by atoms with Gasteiger partial charge < -0.3 is 0 Å². The number of H-pyrrole nitrogens is 1. The maximum Gasteiger partial charge on any atom is 0.181 e. The summed E-state index contributed by atoms with van der Waals surface area (Å²) in [5.74, 6) is 1.55. The molecule has 0 bridgehead atoms. The molecule has 1 N–H and O–H groups in total. The van der Waals surface area contributed by atoms with Gasteiger partial charge in [-0.15, -0.1) is 0 Å². The van der Waals surface area contributed by atoms with E-state index in [1.807, 2.05) is 30.3 Å². The van der Waals surface area contributed by atoms with Crippen LogP contribution in [0.2, 0.25) is 0 Å². The number of hydrogen-bond acceptors (Lipinski definition) is 2. The Balaban J connectivity index is 1.86. The molecule has 0 aliphatic rings. The van der Waals surface area contributed by atoms with Crippen molar-refractivity contribution in [1.29, 1.82) is 0 Å². The molecule has 0 unspecified atom stereocenters. The van der Waals surface area contributed by atoms with Crippen molar-refractivity contribution in [3.05, 3.63) is 60.2 Å². The molecule has 0 spiro atoms. The van der Waals surface area contributed by atoms with Gasteiger partial charge in [0.25, 0.3) is 0 Å².